The molecule has 0 saturated carbocycles. The van der Waals surface area contributed by atoms with Gasteiger partial charge in [0, 0.05) is 14.5 Å². The molecule has 76 valence electrons. The molecule has 0 fully saturated rings. The van der Waals surface area contributed by atoms with Crippen molar-refractivity contribution in [3.63, 3.8) is 0 Å². The summed E-state index contributed by atoms with van der Waals surface area (Å²) in [6.07, 6.45) is -1.50. The van der Waals surface area contributed by atoms with Crippen LogP contribution in [0.5, 0.6) is 0 Å². The number of carboxylic acids is 1. The zero-order chi connectivity index (χ0) is 10.9. The summed E-state index contributed by atoms with van der Waals surface area (Å²) in [7, 11) is 0. The third-order valence-electron chi connectivity index (χ3n) is 1.81. The van der Waals surface area contributed by atoms with Crippen molar-refractivity contribution in [1.29, 1.82) is 0 Å². The van der Waals surface area contributed by atoms with E-state index in [-0.39, 0.29) is 0 Å². The number of aliphatic hydroxyl groups excluding tert-OH is 1. The quantitative estimate of drug-likeness (QED) is 0.879. The molecule has 14 heavy (non-hydrogen) atoms. The highest BCUT2D eigenvalue weighted by Crippen LogP contribution is 2.29. The molecule has 0 aliphatic rings. The van der Waals surface area contributed by atoms with Gasteiger partial charge in [0.15, 0.2) is 6.10 Å². The average Bonchev–Trinajstić information content (AvgIpc) is 2.10. The maximum Gasteiger partial charge on any atom is 0.337 e. The van der Waals surface area contributed by atoms with E-state index in [9.17, 15) is 9.90 Å². The van der Waals surface area contributed by atoms with Crippen LogP contribution in [0.4, 0.5) is 0 Å². The first-order valence-corrected chi connectivity index (χ1v) is 5.38. The molecule has 0 amide bonds. The lowest BCUT2D eigenvalue weighted by atomic mass is 10.1. The van der Waals surface area contributed by atoms with Gasteiger partial charge in [-0.2, -0.15) is 0 Å². The molecule has 0 spiro atoms. The summed E-state index contributed by atoms with van der Waals surface area (Å²) in [6.45, 7) is 1.88. The van der Waals surface area contributed by atoms with Gasteiger partial charge in [0.2, 0.25) is 0 Å². The Morgan fingerprint density at radius 2 is 1.93 bits per heavy atom. The van der Waals surface area contributed by atoms with Gasteiger partial charge in [-0.25, -0.2) is 4.79 Å². The Kier molecular flexibility index (Phi) is 3.69. The second kappa shape index (κ2) is 4.42. The Bertz CT molecular complexity index is 377. The first-order chi connectivity index (χ1) is 6.43. The first kappa shape index (κ1) is 11.7. The van der Waals surface area contributed by atoms with Gasteiger partial charge in [-0.1, -0.05) is 31.9 Å². The average molecular weight is 324 g/mol. The van der Waals surface area contributed by atoms with Crippen LogP contribution in [0.1, 0.15) is 17.2 Å². The summed E-state index contributed by atoms with van der Waals surface area (Å²) in [4.78, 5) is 10.6. The lowest BCUT2D eigenvalue weighted by molar-refractivity contribution is -0.147. The van der Waals surface area contributed by atoms with E-state index in [1.54, 1.807) is 12.1 Å². The van der Waals surface area contributed by atoms with Gasteiger partial charge in [0.25, 0.3) is 0 Å². The lowest BCUT2D eigenvalue weighted by Gasteiger charge is -2.10. The summed E-state index contributed by atoms with van der Waals surface area (Å²) >= 11 is 6.48. The molecule has 1 aromatic carbocycles. The number of rotatable bonds is 2. The third-order valence-corrected chi connectivity index (χ3v) is 3.35. The fourth-order valence-corrected chi connectivity index (χ4v) is 2.04. The van der Waals surface area contributed by atoms with Crippen molar-refractivity contribution in [2.75, 3.05) is 0 Å². The van der Waals surface area contributed by atoms with Crippen molar-refractivity contribution in [3.05, 3.63) is 32.2 Å². The minimum Gasteiger partial charge on any atom is -0.479 e. The van der Waals surface area contributed by atoms with E-state index in [2.05, 4.69) is 31.9 Å². The summed E-state index contributed by atoms with van der Waals surface area (Å²) in [5, 5.41) is 18.0. The molecular weight excluding hydrogens is 316 g/mol. The van der Waals surface area contributed by atoms with Gasteiger partial charge in [0.1, 0.15) is 0 Å². The largest absolute Gasteiger partial charge is 0.479 e. The first-order valence-electron chi connectivity index (χ1n) is 3.80. The zero-order valence-corrected chi connectivity index (χ0v) is 10.5. The summed E-state index contributed by atoms with van der Waals surface area (Å²) in [6, 6.07) is 3.35. The molecule has 0 saturated heterocycles. The van der Waals surface area contributed by atoms with Crippen molar-refractivity contribution >= 4 is 37.8 Å². The maximum absolute atomic E-state index is 10.6. The number of aliphatic carboxylic acids is 1. The zero-order valence-electron chi connectivity index (χ0n) is 7.29. The molecule has 1 rings (SSSR count). The smallest absolute Gasteiger partial charge is 0.337 e. The summed E-state index contributed by atoms with van der Waals surface area (Å²) in [5.41, 5.74) is 1.31. The minimum atomic E-state index is -1.50. The number of carbonyl (C=O) groups is 1. The number of benzene rings is 1. The molecule has 0 aliphatic carbocycles. The fraction of sp³-hybridized carbons (Fsp3) is 0.222. The standard InChI is InChI=1S/C9H8Br2O3/c1-4-2-7(11)5(3-6(4)10)8(12)9(13)14/h2-3,8,12H,1H3,(H,13,14). The van der Waals surface area contributed by atoms with Crippen LogP contribution in [0.25, 0.3) is 0 Å². The van der Waals surface area contributed by atoms with Gasteiger partial charge < -0.3 is 10.2 Å². The van der Waals surface area contributed by atoms with Crippen LogP contribution >= 0.6 is 31.9 Å². The topological polar surface area (TPSA) is 57.5 Å². The van der Waals surface area contributed by atoms with Crippen molar-refractivity contribution in [1.82, 2.24) is 0 Å². The van der Waals surface area contributed by atoms with E-state index < -0.39 is 12.1 Å². The number of hydrogen-bond acceptors (Lipinski definition) is 2. The predicted octanol–water partition coefficient (Wildman–Crippen LogP) is 2.64. The number of aryl methyl sites for hydroxylation is 1. The second-order valence-electron chi connectivity index (χ2n) is 2.86. The molecular formula is C9H8Br2O3. The summed E-state index contributed by atoms with van der Waals surface area (Å²) < 4.78 is 1.36. The third kappa shape index (κ3) is 2.34. The van der Waals surface area contributed by atoms with Crippen molar-refractivity contribution in [2.45, 2.75) is 13.0 Å². The molecule has 0 bridgehead atoms. The maximum atomic E-state index is 10.6. The number of aliphatic hydroxyl groups is 1. The van der Waals surface area contributed by atoms with E-state index >= 15 is 0 Å². The number of halogens is 2. The Morgan fingerprint density at radius 3 is 2.43 bits per heavy atom. The summed E-state index contributed by atoms with van der Waals surface area (Å²) in [5.74, 6) is -1.26. The van der Waals surface area contributed by atoms with E-state index in [1.165, 1.54) is 0 Å². The predicted molar refractivity (Wildman–Crippen MR) is 59.2 cm³/mol. The Labute approximate surface area is 98.0 Å². The van der Waals surface area contributed by atoms with E-state index in [4.69, 9.17) is 5.11 Å². The second-order valence-corrected chi connectivity index (χ2v) is 4.57. The Hall–Kier alpha value is -0.390. The monoisotopic (exact) mass is 322 g/mol. The van der Waals surface area contributed by atoms with Crippen LogP contribution in [0.2, 0.25) is 0 Å². The van der Waals surface area contributed by atoms with Crippen LogP contribution < -0.4 is 0 Å². The number of carboxylic acid groups (broad SMARTS) is 1. The van der Waals surface area contributed by atoms with Crippen LogP contribution in [-0.4, -0.2) is 16.2 Å². The van der Waals surface area contributed by atoms with Crippen molar-refractivity contribution in [2.24, 2.45) is 0 Å². The van der Waals surface area contributed by atoms with Crippen LogP contribution in [-0.2, 0) is 4.79 Å². The molecule has 0 radical (unpaired) electrons. The molecule has 0 aliphatic heterocycles. The normalized spacial score (nSPS) is 12.6. The van der Waals surface area contributed by atoms with Gasteiger partial charge in [-0.05, 0) is 24.6 Å². The van der Waals surface area contributed by atoms with E-state index in [1.807, 2.05) is 6.92 Å². The van der Waals surface area contributed by atoms with Gasteiger partial charge in [-0.15, -0.1) is 0 Å². The SMILES string of the molecule is Cc1cc(Br)c(C(O)C(=O)O)cc1Br. The Morgan fingerprint density at radius 1 is 1.36 bits per heavy atom. The highest BCUT2D eigenvalue weighted by Gasteiger charge is 2.19. The lowest BCUT2D eigenvalue weighted by Crippen LogP contribution is -2.11. The molecule has 1 aromatic rings. The molecule has 1 unspecified atom stereocenters. The highest BCUT2D eigenvalue weighted by molar-refractivity contribution is 9.11. The molecule has 3 nitrogen and oxygen atoms in total. The van der Waals surface area contributed by atoms with Crippen molar-refractivity contribution in [3.8, 4) is 0 Å². The van der Waals surface area contributed by atoms with Crippen LogP contribution in [0.15, 0.2) is 21.1 Å². The van der Waals surface area contributed by atoms with Gasteiger partial charge in [-0.3, -0.25) is 0 Å². The highest BCUT2D eigenvalue weighted by atomic mass is 79.9. The Balaban J connectivity index is 3.22. The molecule has 0 heterocycles. The van der Waals surface area contributed by atoms with Crippen LogP contribution in [0.3, 0.4) is 0 Å². The fourth-order valence-electron chi connectivity index (χ4n) is 1.00. The van der Waals surface area contributed by atoms with Gasteiger partial charge in [0.05, 0.1) is 0 Å². The molecule has 0 aromatic heterocycles. The van der Waals surface area contributed by atoms with Crippen LogP contribution in [0, 0.1) is 6.92 Å². The number of hydrogen-bond donors (Lipinski definition) is 2. The van der Waals surface area contributed by atoms with E-state index in [0.717, 1.165) is 10.0 Å². The molecule has 2 N–H and O–H groups in total. The molecule has 1 atom stereocenters. The van der Waals surface area contributed by atoms with Gasteiger partial charge >= 0.3 is 5.97 Å². The van der Waals surface area contributed by atoms with E-state index in [0.29, 0.717) is 10.0 Å². The minimum absolute atomic E-state index is 0.343. The molecule has 5 heteroatoms. The van der Waals surface area contributed by atoms with Crippen molar-refractivity contribution < 1.29 is 15.0 Å².